The van der Waals surface area contributed by atoms with Crippen LogP contribution in [0.5, 0.6) is 0 Å². The van der Waals surface area contributed by atoms with Gasteiger partial charge in [-0.25, -0.2) is 0 Å². The summed E-state index contributed by atoms with van der Waals surface area (Å²) in [5.74, 6) is 0.668. The van der Waals surface area contributed by atoms with Crippen LogP contribution in [0.2, 0.25) is 0 Å². The molecule has 70 valence electrons. The first kappa shape index (κ1) is 11.7. The Morgan fingerprint density at radius 1 is 1.25 bits per heavy atom. The van der Waals surface area contributed by atoms with Crippen molar-refractivity contribution in [1.29, 1.82) is 0 Å². The van der Waals surface area contributed by atoms with Gasteiger partial charge in [-0.15, -0.1) is 0 Å². The minimum Gasteiger partial charge on any atom is -0.331 e. The SMILES string of the molecule is C[CH-]C[C@H](C)c1ccccc1.[Cu+]. The second-order valence-corrected chi connectivity index (χ2v) is 2.96. The molecule has 0 aliphatic carbocycles. The number of rotatable bonds is 3. The van der Waals surface area contributed by atoms with Crippen molar-refractivity contribution in [2.24, 2.45) is 0 Å². The van der Waals surface area contributed by atoms with Crippen LogP contribution in [-0.4, -0.2) is 0 Å². The number of benzene rings is 1. The summed E-state index contributed by atoms with van der Waals surface area (Å²) in [4.78, 5) is 0. The van der Waals surface area contributed by atoms with Gasteiger partial charge in [0.15, 0.2) is 0 Å². The van der Waals surface area contributed by atoms with Crippen LogP contribution in [0.4, 0.5) is 0 Å². The van der Waals surface area contributed by atoms with Crippen LogP contribution >= 0.6 is 0 Å². The van der Waals surface area contributed by atoms with Gasteiger partial charge >= 0.3 is 17.1 Å². The molecule has 0 bridgehead atoms. The van der Waals surface area contributed by atoms with E-state index < -0.39 is 0 Å². The van der Waals surface area contributed by atoms with Crippen LogP contribution in [-0.2, 0) is 17.1 Å². The molecule has 0 aliphatic heterocycles. The Morgan fingerprint density at radius 2 is 1.83 bits per heavy atom. The predicted octanol–water partition coefficient (Wildman–Crippen LogP) is 3.40. The van der Waals surface area contributed by atoms with Crippen molar-refractivity contribution in [3.8, 4) is 0 Å². The van der Waals surface area contributed by atoms with Crippen LogP contribution in [0.3, 0.4) is 0 Å². The van der Waals surface area contributed by atoms with E-state index in [0.717, 1.165) is 0 Å². The van der Waals surface area contributed by atoms with Gasteiger partial charge in [-0.3, -0.25) is 0 Å². The second kappa shape index (κ2) is 6.28. The first-order valence-electron chi connectivity index (χ1n) is 4.17. The molecule has 0 N–H and O–H groups in total. The summed E-state index contributed by atoms with van der Waals surface area (Å²) in [6, 6.07) is 10.6. The van der Waals surface area contributed by atoms with E-state index in [0.29, 0.717) is 5.92 Å². The fourth-order valence-electron chi connectivity index (χ4n) is 1.27. The van der Waals surface area contributed by atoms with Crippen LogP contribution in [0, 0.1) is 6.42 Å². The van der Waals surface area contributed by atoms with Gasteiger partial charge in [0.05, 0.1) is 0 Å². The molecule has 0 aromatic heterocycles. The maximum absolute atomic E-state index is 2.26. The Bertz CT molecular complexity index is 193. The van der Waals surface area contributed by atoms with Crippen LogP contribution in [0.1, 0.15) is 31.7 Å². The van der Waals surface area contributed by atoms with Gasteiger partial charge in [-0.05, 0) is 11.5 Å². The predicted molar refractivity (Wildman–Crippen MR) is 49.4 cm³/mol. The van der Waals surface area contributed by atoms with Gasteiger partial charge in [-0.2, -0.15) is 13.3 Å². The average Bonchev–Trinajstić information content (AvgIpc) is 2.07. The van der Waals surface area contributed by atoms with Gasteiger partial charge in [0, 0.05) is 0 Å². The van der Waals surface area contributed by atoms with E-state index in [1.807, 2.05) is 0 Å². The van der Waals surface area contributed by atoms with Crippen molar-refractivity contribution in [2.45, 2.75) is 26.2 Å². The van der Waals surface area contributed by atoms with Crippen molar-refractivity contribution < 1.29 is 17.1 Å². The Balaban J connectivity index is 0.00000121. The first-order chi connectivity index (χ1) is 5.34. The Kier molecular flexibility index (Phi) is 6.14. The van der Waals surface area contributed by atoms with Gasteiger partial charge in [0.1, 0.15) is 0 Å². The van der Waals surface area contributed by atoms with E-state index in [1.165, 1.54) is 12.0 Å². The van der Waals surface area contributed by atoms with Crippen molar-refractivity contribution >= 4 is 0 Å². The molecule has 0 radical (unpaired) electrons. The van der Waals surface area contributed by atoms with Gasteiger partial charge in [-0.1, -0.05) is 37.3 Å². The molecule has 0 unspecified atom stereocenters. The molecule has 0 heterocycles. The third-order valence-corrected chi connectivity index (χ3v) is 1.96. The zero-order valence-corrected chi connectivity index (χ0v) is 8.49. The summed E-state index contributed by atoms with van der Waals surface area (Å²) in [7, 11) is 0. The normalized spacial score (nSPS) is 11.8. The van der Waals surface area contributed by atoms with E-state index in [-0.39, 0.29) is 17.1 Å². The van der Waals surface area contributed by atoms with Crippen LogP contribution < -0.4 is 0 Å². The molecule has 1 atom stereocenters. The maximum Gasteiger partial charge on any atom is 1.00 e. The molecule has 0 aliphatic rings. The van der Waals surface area contributed by atoms with Crippen LogP contribution in [0.25, 0.3) is 0 Å². The van der Waals surface area contributed by atoms with E-state index in [9.17, 15) is 0 Å². The number of hydrogen-bond donors (Lipinski definition) is 0. The zero-order valence-electron chi connectivity index (χ0n) is 7.55. The van der Waals surface area contributed by atoms with Crippen molar-refractivity contribution in [3.05, 3.63) is 42.3 Å². The Hall–Kier alpha value is -0.261. The average molecular weight is 211 g/mol. The Morgan fingerprint density at radius 3 is 2.33 bits per heavy atom. The van der Waals surface area contributed by atoms with Crippen LogP contribution in [0.15, 0.2) is 30.3 Å². The van der Waals surface area contributed by atoms with Crippen molar-refractivity contribution in [3.63, 3.8) is 0 Å². The third-order valence-electron chi connectivity index (χ3n) is 1.96. The molecule has 1 aromatic rings. The fourth-order valence-corrected chi connectivity index (χ4v) is 1.27. The summed E-state index contributed by atoms with van der Waals surface area (Å²) in [6.07, 6.45) is 3.39. The molecule has 1 heteroatoms. The molecule has 0 saturated heterocycles. The summed E-state index contributed by atoms with van der Waals surface area (Å²) >= 11 is 0. The van der Waals surface area contributed by atoms with Crippen molar-refractivity contribution in [1.82, 2.24) is 0 Å². The van der Waals surface area contributed by atoms with Gasteiger partial charge in [0.25, 0.3) is 0 Å². The monoisotopic (exact) mass is 210 g/mol. The maximum atomic E-state index is 2.26. The van der Waals surface area contributed by atoms with Crippen molar-refractivity contribution in [2.75, 3.05) is 0 Å². The smallest absolute Gasteiger partial charge is 0.331 e. The molecular weight excluding hydrogens is 196 g/mol. The third kappa shape index (κ3) is 3.42. The van der Waals surface area contributed by atoms with E-state index in [4.69, 9.17) is 0 Å². The molecule has 0 saturated carbocycles. The largest absolute Gasteiger partial charge is 1.00 e. The number of hydrogen-bond acceptors (Lipinski definition) is 0. The molecule has 0 amide bonds. The van der Waals surface area contributed by atoms with E-state index >= 15 is 0 Å². The summed E-state index contributed by atoms with van der Waals surface area (Å²) in [5, 5.41) is 0. The summed E-state index contributed by atoms with van der Waals surface area (Å²) in [5.41, 5.74) is 1.44. The van der Waals surface area contributed by atoms with E-state index in [1.54, 1.807) is 0 Å². The summed E-state index contributed by atoms with van der Waals surface area (Å²) < 4.78 is 0. The van der Waals surface area contributed by atoms with Gasteiger partial charge in [0.2, 0.25) is 0 Å². The topological polar surface area (TPSA) is 0 Å². The first-order valence-corrected chi connectivity index (χ1v) is 4.17. The molecular formula is C11H15Cu. The molecule has 12 heavy (non-hydrogen) atoms. The standard InChI is InChI=1S/C11H15.Cu/c1-3-7-10(2)11-8-5-4-6-9-11;/h3-6,8-10H,7H2,1-2H3;/q-1;+1/t10-;/m0./s1. The quantitative estimate of drug-likeness (QED) is 0.530. The zero-order chi connectivity index (χ0) is 8.10. The second-order valence-electron chi connectivity index (χ2n) is 2.96. The molecule has 0 spiro atoms. The molecule has 0 fully saturated rings. The summed E-state index contributed by atoms with van der Waals surface area (Å²) in [6.45, 7) is 4.37. The Labute approximate surface area is 85.9 Å². The minimum atomic E-state index is 0. The molecule has 0 nitrogen and oxygen atoms in total. The van der Waals surface area contributed by atoms with Gasteiger partial charge < -0.3 is 6.42 Å². The molecule has 1 rings (SSSR count). The fraction of sp³-hybridized carbons (Fsp3) is 0.364. The molecule has 1 aromatic carbocycles. The minimum absolute atomic E-state index is 0. The van der Waals surface area contributed by atoms with E-state index in [2.05, 4.69) is 50.6 Å².